The molecule has 5 nitrogen and oxygen atoms in total. The second kappa shape index (κ2) is 5.09. The van der Waals surface area contributed by atoms with Crippen LogP contribution in [0.4, 0.5) is 0 Å². The summed E-state index contributed by atoms with van der Waals surface area (Å²) in [5.41, 5.74) is 0.844. The highest BCUT2D eigenvalue weighted by Crippen LogP contribution is 2.28. The van der Waals surface area contributed by atoms with Gasteiger partial charge in [0.25, 0.3) is 0 Å². The van der Waals surface area contributed by atoms with E-state index < -0.39 is 0 Å². The number of quaternary nitrogens is 1. The molecule has 0 radical (unpaired) electrons. The van der Waals surface area contributed by atoms with E-state index in [1.165, 1.54) is 0 Å². The van der Waals surface area contributed by atoms with Crippen molar-refractivity contribution in [2.75, 3.05) is 46.6 Å². The summed E-state index contributed by atoms with van der Waals surface area (Å²) in [4.78, 5) is 19.8. The number of benzene rings is 1. The fraction of sp³-hybridized carbons (Fsp3) is 0.500. The SMILES string of the molecule is O=C(C[N+]12CN3CN(CN(C3)C1)C2)c1ccccc1.[Cl-]. The van der Waals surface area contributed by atoms with Gasteiger partial charge in [-0.3, -0.25) is 9.28 Å². The van der Waals surface area contributed by atoms with Gasteiger partial charge in [0.2, 0.25) is 5.78 Å². The van der Waals surface area contributed by atoms with Crippen molar-refractivity contribution in [3.8, 4) is 0 Å². The fourth-order valence-electron chi connectivity index (χ4n) is 3.83. The van der Waals surface area contributed by atoms with Crippen molar-refractivity contribution < 1.29 is 21.7 Å². The zero-order valence-electron chi connectivity index (χ0n) is 11.4. The minimum Gasteiger partial charge on any atom is -1.00 e. The van der Waals surface area contributed by atoms with E-state index in [1.807, 2.05) is 30.3 Å². The zero-order chi connectivity index (χ0) is 12.9. The molecule has 4 aliphatic rings. The van der Waals surface area contributed by atoms with Crippen LogP contribution in [0.15, 0.2) is 30.3 Å². The smallest absolute Gasteiger partial charge is 0.217 e. The van der Waals surface area contributed by atoms with E-state index in [4.69, 9.17) is 0 Å². The lowest BCUT2D eigenvalue weighted by Gasteiger charge is -2.60. The summed E-state index contributed by atoms with van der Waals surface area (Å²) in [5, 5.41) is 0. The molecule has 4 bridgehead atoms. The van der Waals surface area contributed by atoms with Crippen LogP contribution >= 0.6 is 0 Å². The van der Waals surface area contributed by atoms with Crippen LogP contribution in [0.5, 0.6) is 0 Å². The Bertz CT molecular complexity index is 472. The van der Waals surface area contributed by atoms with Crippen LogP contribution in [0, 0.1) is 0 Å². The Morgan fingerprint density at radius 2 is 1.45 bits per heavy atom. The van der Waals surface area contributed by atoms with Crippen molar-refractivity contribution in [3.05, 3.63) is 35.9 Å². The first-order valence-electron chi connectivity index (χ1n) is 6.83. The standard InChI is InChI=1S/C14H19N4O.ClH/c19-14(13-4-2-1-3-5-13)6-18-10-15-7-16(11-18)9-17(8-15)12-18;/h1-5H,6-12H2;1H/q+1;/p-1. The molecule has 20 heavy (non-hydrogen) atoms. The highest BCUT2D eigenvalue weighted by atomic mass is 35.5. The maximum atomic E-state index is 12.5. The van der Waals surface area contributed by atoms with Crippen LogP contribution in [0.1, 0.15) is 10.4 Å². The van der Waals surface area contributed by atoms with Gasteiger partial charge in [-0.1, -0.05) is 30.3 Å². The summed E-state index contributed by atoms with van der Waals surface area (Å²) in [6, 6.07) is 9.69. The first kappa shape index (κ1) is 14.0. The van der Waals surface area contributed by atoms with Gasteiger partial charge in [-0.05, 0) is 0 Å². The molecule has 5 rings (SSSR count). The van der Waals surface area contributed by atoms with E-state index in [-0.39, 0.29) is 18.2 Å². The first-order valence-corrected chi connectivity index (χ1v) is 6.83. The summed E-state index contributed by atoms with van der Waals surface area (Å²) in [7, 11) is 0. The summed E-state index contributed by atoms with van der Waals surface area (Å²) < 4.78 is 0.883. The van der Waals surface area contributed by atoms with Crippen LogP contribution in [0.3, 0.4) is 0 Å². The van der Waals surface area contributed by atoms with Crippen molar-refractivity contribution >= 4 is 5.78 Å². The summed E-state index contributed by atoms with van der Waals surface area (Å²) in [5.74, 6) is 0.270. The van der Waals surface area contributed by atoms with Crippen LogP contribution in [0.2, 0.25) is 0 Å². The predicted molar refractivity (Wildman–Crippen MR) is 70.6 cm³/mol. The van der Waals surface area contributed by atoms with Crippen molar-refractivity contribution in [3.63, 3.8) is 0 Å². The van der Waals surface area contributed by atoms with E-state index in [0.29, 0.717) is 6.54 Å². The third-order valence-corrected chi connectivity index (χ3v) is 4.27. The van der Waals surface area contributed by atoms with Crippen molar-refractivity contribution in [1.29, 1.82) is 0 Å². The molecule has 0 aliphatic carbocycles. The van der Waals surface area contributed by atoms with E-state index in [0.717, 1.165) is 50.1 Å². The number of hydrogen-bond acceptors (Lipinski definition) is 4. The largest absolute Gasteiger partial charge is 1.00 e. The minimum absolute atomic E-state index is 0. The molecule has 108 valence electrons. The molecule has 4 heterocycles. The topological polar surface area (TPSA) is 26.8 Å². The van der Waals surface area contributed by atoms with Gasteiger partial charge in [0.05, 0.1) is 20.0 Å². The first-order chi connectivity index (χ1) is 9.22. The molecule has 0 unspecified atom stereocenters. The highest BCUT2D eigenvalue weighted by Gasteiger charge is 2.49. The Morgan fingerprint density at radius 1 is 0.950 bits per heavy atom. The maximum Gasteiger partial charge on any atom is 0.217 e. The molecular formula is C14H19ClN4O. The predicted octanol–water partition coefficient (Wildman–Crippen LogP) is -2.62. The second-order valence-corrected chi connectivity index (χ2v) is 6.15. The number of carbonyl (C=O) groups excluding carboxylic acids is 1. The Morgan fingerprint density at radius 3 is 1.95 bits per heavy atom. The molecule has 1 aromatic rings. The molecule has 0 atom stereocenters. The number of Topliss-reactive ketones (excluding diaryl/α,β-unsaturated/α-hetero) is 1. The summed E-state index contributed by atoms with van der Waals surface area (Å²) in [6.07, 6.45) is 0. The lowest BCUT2D eigenvalue weighted by Crippen LogP contribution is -3.00. The van der Waals surface area contributed by atoms with Crippen LogP contribution in [-0.4, -0.2) is 71.5 Å². The van der Waals surface area contributed by atoms with Gasteiger partial charge in [0.1, 0.15) is 26.6 Å². The van der Waals surface area contributed by atoms with Gasteiger partial charge in [0.15, 0.2) is 0 Å². The van der Waals surface area contributed by atoms with E-state index >= 15 is 0 Å². The van der Waals surface area contributed by atoms with Crippen LogP contribution < -0.4 is 12.4 Å². The van der Waals surface area contributed by atoms with Gasteiger partial charge in [0, 0.05) is 5.56 Å². The molecular weight excluding hydrogens is 276 g/mol. The number of rotatable bonds is 3. The van der Waals surface area contributed by atoms with Crippen molar-refractivity contribution in [1.82, 2.24) is 14.7 Å². The Hall–Kier alpha value is -0.980. The molecule has 0 amide bonds. The number of halogens is 1. The number of hydrogen-bond donors (Lipinski definition) is 0. The second-order valence-electron chi connectivity index (χ2n) is 6.15. The summed E-state index contributed by atoms with van der Waals surface area (Å²) in [6.45, 7) is 6.87. The molecule has 4 fully saturated rings. The monoisotopic (exact) mass is 294 g/mol. The molecule has 6 heteroatoms. The van der Waals surface area contributed by atoms with Crippen LogP contribution in [-0.2, 0) is 0 Å². The average molecular weight is 295 g/mol. The molecule has 0 saturated carbocycles. The molecule has 4 aliphatic heterocycles. The van der Waals surface area contributed by atoms with E-state index in [2.05, 4.69) is 14.7 Å². The van der Waals surface area contributed by atoms with Gasteiger partial charge in [-0.2, -0.15) is 0 Å². The Balaban J connectivity index is 0.00000121. The summed E-state index contributed by atoms with van der Waals surface area (Å²) >= 11 is 0. The lowest BCUT2D eigenvalue weighted by molar-refractivity contribution is -0.973. The average Bonchev–Trinajstić information content (AvgIpc) is 2.37. The molecule has 0 aromatic heterocycles. The molecule has 1 aromatic carbocycles. The molecule has 0 N–H and O–H groups in total. The van der Waals surface area contributed by atoms with Crippen molar-refractivity contribution in [2.45, 2.75) is 0 Å². The molecule has 4 saturated heterocycles. The van der Waals surface area contributed by atoms with Gasteiger partial charge < -0.3 is 12.4 Å². The third kappa shape index (κ3) is 2.36. The van der Waals surface area contributed by atoms with Gasteiger partial charge >= 0.3 is 0 Å². The van der Waals surface area contributed by atoms with E-state index in [1.54, 1.807) is 0 Å². The van der Waals surface area contributed by atoms with Crippen molar-refractivity contribution in [2.24, 2.45) is 0 Å². The van der Waals surface area contributed by atoms with E-state index in [9.17, 15) is 4.79 Å². The Labute approximate surface area is 125 Å². The zero-order valence-corrected chi connectivity index (χ0v) is 12.2. The molecule has 0 spiro atoms. The fourth-order valence-corrected chi connectivity index (χ4v) is 3.83. The number of carbonyl (C=O) groups is 1. The maximum absolute atomic E-state index is 12.5. The van der Waals surface area contributed by atoms with Gasteiger partial charge in [-0.25, -0.2) is 14.7 Å². The quantitative estimate of drug-likeness (QED) is 0.451. The van der Waals surface area contributed by atoms with Gasteiger partial charge in [-0.15, -0.1) is 0 Å². The third-order valence-electron chi connectivity index (χ3n) is 4.27. The lowest BCUT2D eigenvalue weighted by atomic mass is 10.1. The highest BCUT2D eigenvalue weighted by molar-refractivity contribution is 5.96. The Kier molecular flexibility index (Phi) is 3.56. The number of nitrogens with zero attached hydrogens (tertiary/aromatic N) is 4. The normalized spacial score (nSPS) is 37.5. The minimum atomic E-state index is 0. The number of ketones is 1. The van der Waals surface area contributed by atoms with Crippen LogP contribution in [0.25, 0.3) is 0 Å².